The number of amides is 9. The summed E-state index contributed by atoms with van der Waals surface area (Å²) in [5, 5.41) is 10.5. The first-order valence-electron chi connectivity index (χ1n) is 24.6. The van der Waals surface area contributed by atoms with Gasteiger partial charge in [-0.15, -0.1) is 11.6 Å². The molecule has 4 aliphatic rings. The number of ether oxygens (including phenoxy) is 1. The van der Waals surface area contributed by atoms with Crippen LogP contribution in [0, 0.1) is 0 Å². The van der Waals surface area contributed by atoms with Crippen LogP contribution >= 0.6 is 11.6 Å². The van der Waals surface area contributed by atoms with Crippen LogP contribution in [0.5, 0.6) is 5.75 Å². The van der Waals surface area contributed by atoms with E-state index in [1.807, 2.05) is 49.5 Å². The molecule has 0 bridgehead atoms. The lowest BCUT2D eigenvalue weighted by molar-refractivity contribution is -0.137. The molecule has 0 spiro atoms. The Morgan fingerprint density at radius 3 is 2.27 bits per heavy atom. The number of nitrogens with one attached hydrogen (secondary N) is 4. The molecule has 20 heteroatoms. The average molecular weight is 1010 g/mol. The molecule has 2 atom stereocenters. The highest BCUT2D eigenvalue weighted by molar-refractivity contribution is 6.20. The summed E-state index contributed by atoms with van der Waals surface area (Å²) in [7, 11) is 2.02. The third-order valence-corrected chi connectivity index (χ3v) is 14.3. The standard InChI is InChI=1S/C53H57ClN10O9/c1-60-24-26-61(27-25-60)53(72)73-44-29-43-48(37-9-5-4-8-36(37)44)33(30-54)31-64(43)51(70)41-28-38-35-20-23-62(42(35)17-16-39(38)58-41)50(69)32-12-14-34(15-13-32)57-49(68)40(10-7-21-56-52(55)71)59-45(65)11-3-2-6-22-63-46(66)18-19-47(63)67/h4-5,8-9,12-19,28-29,33,40,58H,2-3,6-7,10-11,20-27,30-31H2,1H3,(H,57,68)(H,59,65)(H3,55,56,71)/t33-,40+/m1/s1. The number of H-pyrrole nitrogens is 1. The number of carbonyl (C=O) groups excluding carboxylic acids is 8. The lowest BCUT2D eigenvalue weighted by Crippen LogP contribution is -2.48. The first kappa shape index (κ1) is 50.2. The van der Waals surface area contributed by atoms with Crippen LogP contribution in [0.2, 0.25) is 0 Å². The van der Waals surface area contributed by atoms with Gasteiger partial charge in [0.1, 0.15) is 17.5 Å². The van der Waals surface area contributed by atoms with Gasteiger partial charge in [-0.2, -0.15) is 0 Å². The molecule has 6 N–H and O–H groups in total. The zero-order valence-electron chi connectivity index (χ0n) is 40.4. The minimum Gasteiger partial charge on any atom is -0.409 e. The first-order valence-corrected chi connectivity index (χ1v) is 25.1. The van der Waals surface area contributed by atoms with Crippen LogP contribution in [0.1, 0.15) is 76.4 Å². The van der Waals surface area contributed by atoms with E-state index in [0.717, 1.165) is 56.5 Å². The number of aromatic nitrogens is 1. The zero-order valence-corrected chi connectivity index (χ0v) is 41.2. The van der Waals surface area contributed by atoms with Crippen LogP contribution in [-0.2, 0) is 25.6 Å². The van der Waals surface area contributed by atoms with Gasteiger partial charge in [-0.05, 0) is 98.1 Å². The number of alkyl halides is 1. The molecule has 4 aromatic carbocycles. The fourth-order valence-electron chi connectivity index (χ4n) is 10.1. The van der Waals surface area contributed by atoms with Crippen molar-refractivity contribution in [2.24, 2.45) is 5.73 Å². The first-order chi connectivity index (χ1) is 35.3. The molecule has 9 amide bonds. The second kappa shape index (κ2) is 21.9. The summed E-state index contributed by atoms with van der Waals surface area (Å²) in [4.78, 5) is 115. The van der Waals surface area contributed by atoms with Crippen LogP contribution in [0.15, 0.2) is 84.9 Å². The molecule has 0 unspecified atom stereocenters. The van der Waals surface area contributed by atoms with E-state index in [1.165, 1.54) is 12.2 Å². The quantitative estimate of drug-likeness (QED) is 0.0438. The number of fused-ring (bicyclic) bond motifs is 6. The van der Waals surface area contributed by atoms with Gasteiger partial charge < -0.3 is 51.0 Å². The van der Waals surface area contributed by atoms with Crippen LogP contribution < -0.4 is 36.2 Å². The molecule has 1 fully saturated rings. The second-order valence-electron chi connectivity index (χ2n) is 18.8. The van der Waals surface area contributed by atoms with Crippen LogP contribution in [0.3, 0.4) is 0 Å². The molecule has 0 saturated carbocycles. The summed E-state index contributed by atoms with van der Waals surface area (Å²) in [6, 6.07) is 19.9. The number of primary amides is 1. The highest BCUT2D eigenvalue weighted by Gasteiger charge is 2.37. The van der Waals surface area contributed by atoms with Gasteiger partial charge in [-0.1, -0.05) is 30.7 Å². The van der Waals surface area contributed by atoms with E-state index < -0.39 is 24.1 Å². The number of hydrogen-bond acceptors (Lipinski definition) is 10. The van der Waals surface area contributed by atoms with Crippen molar-refractivity contribution in [2.45, 2.75) is 56.9 Å². The number of nitrogens with zero attached hydrogens (tertiary/aromatic N) is 5. The Morgan fingerprint density at radius 2 is 1.55 bits per heavy atom. The van der Waals surface area contributed by atoms with E-state index in [0.29, 0.717) is 86.7 Å². The van der Waals surface area contributed by atoms with E-state index in [4.69, 9.17) is 22.1 Å². The number of piperazine rings is 1. The Labute approximate surface area is 425 Å². The summed E-state index contributed by atoms with van der Waals surface area (Å²) < 4.78 is 6.08. The second-order valence-corrected chi connectivity index (χ2v) is 19.1. The molecule has 9 rings (SSSR count). The smallest absolute Gasteiger partial charge is 0.409 e. The van der Waals surface area contributed by atoms with Gasteiger partial charge in [-0.3, -0.25) is 33.7 Å². The summed E-state index contributed by atoms with van der Waals surface area (Å²) >= 11 is 6.59. The molecule has 1 aromatic heterocycles. The number of rotatable bonds is 17. The SMILES string of the molecule is CN1CCN(C(=O)Oc2cc3c(c4ccccc24)[C@H](CCl)CN3C(=O)c2cc3c4c(ccc3[nH]2)N(C(=O)c2ccc(NC(=O)[C@H](CCCNC(N)=O)NC(=O)CCCCCN3C(=O)C=CC3=O)cc2)CC4)CC1. The van der Waals surface area contributed by atoms with Crippen molar-refractivity contribution in [3.8, 4) is 5.75 Å². The van der Waals surface area contributed by atoms with Crippen LogP contribution in [-0.4, -0.2) is 139 Å². The largest absolute Gasteiger partial charge is 0.415 e. The summed E-state index contributed by atoms with van der Waals surface area (Å²) in [6.45, 7) is 3.79. The fourth-order valence-corrected chi connectivity index (χ4v) is 10.3. The maximum Gasteiger partial charge on any atom is 0.415 e. The summed E-state index contributed by atoms with van der Waals surface area (Å²) in [6.07, 6.45) is 4.84. The van der Waals surface area contributed by atoms with Crippen molar-refractivity contribution in [2.75, 3.05) is 80.4 Å². The molecule has 4 aliphatic heterocycles. The van der Waals surface area contributed by atoms with Crippen molar-refractivity contribution >= 4 is 97.9 Å². The Kier molecular flexibility index (Phi) is 15.1. The van der Waals surface area contributed by atoms with Gasteiger partial charge >= 0.3 is 12.1 Å². The van der Waals surface area contributed by atoms with E-state index in [2.05, 4.69) is 25.8 Å². The topological polar surface area (TPSA) is 240 Å². The number of carbonyl (C=O) groups is 8. The molecule has 73 heavy (non-hydrogen) atoms. The lowest BCUT2D eigenvalue weighted by Gasteiger charge is -2.31. The number of unbranched alkanes of at least 4 members (excludes halogenated alkanes) is 2. The third kappa shape index (κ3) is 10.9. The number of hydrogen-bond donors (Lipinski definition) is 5. The normalized spacial score (nSPS) is 16.8. The van der Waals surface area contributed by atoms with Gasteiger partial charge in [0.2, 0.25) is 11.8 Å². The van der Waals surface area contributed by atoms with Crippen molar-refractivity contribution in [3.63, 3.8) is 0 Å². The number of nitrogens with two attached hydrogens (primary N) is 1. The fraction of sp³-hybridized carbons (Fsp3) is 0.358. The van der Waals surface area contributed by atoms with E-state index in [1.54, 1.807) is 45.0 Å². The monoisotopic (exact) mass is 1010 g/mol. The molecule has 0 aliphatic carbocycles. The van der Waals surface area contributed by atoms with Crippen molar-refractivity contribution < 1.29 is 43.1 Å². The van der Waals surface area contributed by atoms with Gasteiger partial charge in [0.15, 0.2) is 0 Å². The van der Waals surface area contributed by atoms with E-state index in [-0.39, 0.29) is 67.3 Å². The van der Waals surface area contributed by atoms with E-state index in [9.17, 15) is 38.4 Å². The molecular formula is C53H57ClN10O9. The van der Waals surface area contributed by atoms with Crippen LogP contribution in [0.4, 0.5) is 26.7 Å². The zero-order chi connectivity index (χ0) is 51.3. The minimum absolute atomic E-state index is 0.120. The van der Waals surface area contributed by atoms with E-state index >= 15 is 0 Å². The highest BCUT2D eigenvalue weighted by Crippen LogP contribution is 2.46. The summed E-state index contributed by atoms with van der Waals surface area (Å²) in [5.41, 5.74) is 10.3. The number of halogens is 1. The van der Waals surface area contributed by atoms with Crippen molar-refractivity contribution in [3.05, 3.63) is 107 Å². The number of anilines is 3. The third-order valence-electron chi connectivity index (χ3n) is 14.0. The van der Waals surface area contributed by atoms with Gasteiger partial charge in [0.25, 0.3) is 23.6 Å². The molecule has 5 aromatic rings. The lowest BCUT2D eigenvalue weighted by atomic mass is 9.95. The summed E-state index contributed by atoms with van der Waals surface area (Å²) in [5.74, 6) is -1.58. The minimum atomic E-state index is -0.942. The predicted octanol–water partition coefficient (Wildman–Crippen LogP) is 5.61. The van der Waals surface area contributed by atoms with Gasteiger partial charge in [-0.25, -0.2) is 9.59 Å². The van der Waals surface area contributed by atoms with Crippen molar-refractivity contribution in [1.82, 2.24) is 30.3 Å². The molecule has 19 nitrogen and oxygen atoms in total. The number of aromatic amines is 1. The number of benzene rings is 4. The Bertz CT molecular complexity index is 3020. The molecule has 1 saturated heterocycles. The molecular weight excluding hydrogens is 956 g/mol. The van der Waals surface area contributed by atoms with Gasteiger partial charge in [0.05, 0.1) is 5.69 Å². The van der Waals surface area contributed by atoms with Gasteiger partial charge in [0, 0.05) is 122 Å². The predicted molar refractivity (Wildman–Crippen MR) is 276 cm³/mol. The maximum absolute atomic E-state index is 14.6. The molecule has 5 heterocycles. The molecule has 380 valence electrons. The number of likely N-dealkylation sites (N-methyl/N-ethyl adjacent to an activating group) is 1. The van der Waals surface area contributed by atoms with Crippen molar-refractivity contribution in [1.29, 1.82) is 0 Å². The van der Waals surface area contributed by atoms with Crippen LogP contribution in [0.25, 0.3) is 21.7 Å². The number of urea groups is 1. The Hall–Kier alpha value is -7.77. The molecule has 0 radical (unpaired) electrons. The average Bonchev–Trinajstić information content (AvgIpc) is 4.19. The highest BCUT2D eigenvalue weighted by atomic mass is 35.5. The Morgan fingerprint density at radius 1 is 0.808 bits per heavy atom. The maximum atomic E-state index is 14.6. The number of imide groups is 1. The Balaban J connectivity index is 0.853.